The lowest BCUT2D eigenvalue weighted by Gasteiger charge is -2.30. The third kappa shape index (κ3) is 3.80. The summed E-state index contributed by atoms with van der Waals surface area (Å²) in [7, 11) is 2.04. The van der Waals surface area contributed by atoms with Gasteiger partial charge in [0.05, 0.1) is 13.2 Å². The van der Waals surface area contributed by atoms with Gasteiger partial charge in [0.25, 0.3) is 0 Å². The Bertz CT molecular complexity index is 387. The summed E-state index contributed by atoms with van der Waals surface area (Å²) < 4.78 is 5.29. The normalized spacial score (nSPS) is 18.1. The van der Waals surface area contributed by atoms with Crippen molar-refractivity contribution in [3.8, 4) is 0 Å². The minimum absolute atomic E-state index is 0.235. The lowest BCUT2D eigenvalue weighted by molar-refractivity contribution is -0.0384. The van der Waals surface area contributed by atoms with E-state index in [0.29, 0.717) is 5.92 Å². The lowest BCUT2D eigenvalue weighted by atomic mass is 9.83. The van der Waals surface area contributed by atoms with Gasteiger partial charge in [0.15, 0.2) is 0 Å². The summed E-state index contributed by atoms with van der Waals surface area (Å²) in [6.45, 7) is 9.72. The minimum atomic E-state index is 0.235. The molecule has 1 atom stereocenters. The average Bonchev–Trinajstić information content (AvgIpc) is 2.31. The Labute approximate surface area is 117 Å². The molecule has 1 heterocycles. The van der Waals surface area contributed by atoms with Crippen molar-refractivity contribution in [1.29, 1.82) is 0 Å². The smallest absolute Gasteiger partial charge is 0.0516 e. The number of hydrogen-bond donors (Lipinski definition) is 1. The van der Waals surface area contributed by atoms with Gasteiger partial charge in [0.1, 0.15) is 0 Å². The van der Waals surface area contributed by atoms with Crippen LogP contribution < -0.4 is 5.32 Å². The molecule has 0 aliphatic carbocycles. The molecule has 1 fully saturated rings. The van der Waals surface area contributed by atoms with E-state index in [4.69, 9.17) is 4.74 Å². The number of rotatable bonds is 5. The highest BCUT2D eigenvalue weighted by Crippen LogP contribution is 2.29. The Balaban J connectivity index is 2.07. The van der Waals surface area contributed by atoms with Crippen LogP contribution in [0.1, 0.15) is 44.2 Å². The molecular formula is C17H27NO. The number of hydrogen-bond acceptors (Lipinski definition) is 2. The summed E-state index contributed by atoms with van der Waals surface area (Å²) in [5, 5.41) is 3.32. The summed E-state index contributed by atoms with van der Waals surface area (Å²) in [5.41, 5.74) is 3.10. The molecule has 1 aromatic rings. The molecule has 2 heteroatoms. The second-order valence-corrected chi connectivity index (χ2v) is 6.77. The van der Waals surface area contributed by atoms with Crippen molar-refractivity contribution < 1.29 is 4.74 Å². The minimum Gasteiger partial charge on any atom is -0.381 e. The van der Waals surface area contributed by atoms with Crippen molar-refractivity contribution in [2.24, 2.45) is 5.92 Å². The summed E-state index contributed by atoms with van der Waals surface area (Å²) in [5.74, 6) is 1.36. The van der Waals surface area contributed by atoms with E-state index in [1.165, 1.54) is 17.5 Å². The molecular weight excluding hydrogens is 234 g/mol. The van der Waals surface area contributed by atoms with Gasteiger partial charge in [0.2, 0.25) is 0 Å². The number of benzene rings is 1. The molecule has 0 spiro atoms. The largest absolute Gasteiger partial charge is 0.381 e. The fourth-order valence-electron chi connectivity index (χ4n) is 2.66. The maximum Gasteiger partial charge on any atom is 0.0516 e. The lowest BCUT2D eigenvalue weighted by Crippen LogP contribution is -2.31. The van der Waals surface area contributed by atoms with Crippen LogP contribution in [0, 0.1) is 5.92 Å². The number of likely N-dealkylation sites (N-methyl/N-ethyl adjacent to an activating group) is 1. The van der Waals surface area contributed by atoms with Crippen molar-refractivity contribution in [2.45, 2.75) is 38.5 Å². The molecule has 1 N–H and O–H groups in total. The van der Waals surface area contributed by atoms with Gasteiger partial charge in [-0.3, -0.25) is 0 Å². The van der Waals surface area contributed by atoms with Gasteiger partial charge in [0, 0.05) is 12.5 Å². The van der Waals surface area contributed by atoms with Crippen molar-refractivity contribution >= 4 is 0 Å². The standard InChI is InChI=1S/C17H27NO/c1-17(2,3)16-7-5-14(6-8-16)15(10-18-4)9-13-11-19-12-13/h5-8,13,15,18H,9-12H2,1-4H3. The van der Waals surface area contributed by atoms with E-state index in [2.05, 4.69) is 50.4 Å². The maximum absolute atomic E-state index is 5.29. The first-order chi connectivity index (χ1) is 9.00. The molecule has 0 saturated carbocycles. The van der Waals surface area contributed by atoms with Crippen LogP contribution in [0.2, 0.25) is 0 Å². The van der Waals surface area contributed by atoms with E-state index in [0.717, 1.165) is 25.7 Å². The quantitative estimate of drug-likeness (QED) is 0.878. The van der Waals surface area contributed by atoms with Gasteiger partial charge in [-0.05, 0) is 35.9 Å². The molecule has 0 bridgehead atoms. The summed E-state index contributed by atoms with van der Waals surface area (Å²) >= 11 is 0. The molecule has 2 rings (SSSR count). The predicted octanol–water partition coefficient (Wildman–Crippen LogP) is 3.32. The molecule has 0 aromatic heterocycles. The van der Waals surface area contributed by atoms with Crippen molar-refractivity contribution in [1.82, 2.24) is 5.32 Å². The van der Waals surface area contributed by atoms with Gasteiger partial charge < -0.3 is 10.1 Å². The second kappa shape index (κ2) is 6.06. The van der Waals surface area contributed by atoms with Crippen LogP contribution in [-0.2, 0) is 10.2 Å². The van der Waals surface area contributed by atoms with E-state index in [1.807, 2.05) is 7.05 Å². The predicted molar refractivity (Wildman–Crippen MR) is 80.7 cm³/mol. The Morgan fingerprint density at radius 3 is 2.26 bits per heavy atom. The van der Waals surface area contributed by atoms with E-state index >= 15 is 0 Å². The van der Waals surface area contributed by atoms with Crippen LogP contribution in [0.3, 0.4) is 0 Å². The Hall–Kier alpha value is -0.860. The third-order valence-electron chi connectivity index (χ3n) is 4.02. The molecule has 19 heavy (non-hydrogen) atoms. The first-order valence-electron chi connectivity index (χ1n) is 7.33. The Kier molecular flexibility index (Phi) is 4.64. The van der Waals surface area contributed by atoms with E-state index in [-0.39, 0.29) is 5.41 Å². The molecule has 1 aliphatic rings. The molecule has 1 aromatic carbocycles. The van der Waals surface area contributed by atoms with Crippen molar-refractivity contribution in [3.05, 3.63) is 35.4 Å². The topological polar surface area (TPSA) is 21.3 Å². The average molecular weight is 261 g/mol. The Morgan fingerprint density at radius 1 is 1.21 bits per heavy atom. The first kappa shape index (κ1) is 14.5. The highest BCUT2D eigenvalue weighted by Gasteiger charge is 2.24. The maximum atomic E-state index is 5.29. The van der Waals surface area contributed by atoms with Crippen LogP contribution in [0.5, 0.6) is 0 Å². The van der Waals surface area contributed by atoms with Crippen molar-refractivity contribution in [3.63, 3.8) is 0 Å². The van der Waals surface area contributed by atoms with Gasteiger partial charge in [-0.25, -0.2) is 0 Å². The summed E-state index contributed by atoms with van der Waals surface area (Å²) in [6.07, 6.45) is 1.23. The molecule has 1 aliphatic heterocycles. The fourth-order valence-corrected chi connectivity index (χ4v) is 2.66. The van der Waals surface area contributed by atoms with E-state index < -0.39 is 0 Å². The van der Waals surface area contributed by atoms with Gasteiger partial charge in [-0.15, -0.1) is 0 Å². The molecule has 1 unspecified atom stereocenters. The zero-order chi connectivity index (χ0) is 13.9. The van der Waals surface area contributed by atoms with Crippen LogP contribution in [0.4, 0.5) is 0 Å². The van der Waals surface area contributed by atoms with Crippen LogP contribution in [-0.4, -0.2) is 26.8 Å². The molecule has 0 amide bonds. The van der Waals surface area contributed by atoms with Gasteiger partial charge in [-0.2, -0.15) is 0 Å². The summed E-state index contributed by atoms with van der Waals surface area (Å²) in [6, 6.07) is 9.19. The molecule has 106 valence electrons. The zero-order valence-electron chi connectivity index (χ0n) is 12.7. The fraction of sp³-hybridized carbons (Fsp3) is 0.647. The van der Waals surface area contributed by atoms with Crippen LogP contribution in [0.15, 0.2) is 24.3 Å². The molecule has 1 saturated heterocycles. The third-order valence-corrected chi connectivity index (χ3v) is 4.02. The van der Waals surface area contributed by atoms with Gasteiger partial charge >= 0.3 is 0 Å². The second-order valence-electron chi connectivity index (χ2n) is 6.77. The van der Waals surface area contributed by atoms with E-state index in [9.17, 15) is 0 Å². The zero-order valence-corrected chi connectivity index (χ0v) is 12.7. The summed E-state index contributed by atoms with van der Waals surface area (Å²) in [4.78, 5) is 0. The number of ether oxygens (including phenoxy) is 1. The SMILES string of the molecule is CNCC(CC1COC1)c1ccc(C(C)(C)C)cc1. The monoisotopic (exact) mass is 261 g/mol. The first-order valence-corrected chi connectivity index (χ1v) is 7.33. The molecule has 2 nitrogen and oxygen atoms in total. The van der Waals surface area contributed by atoms with Crippen LogP contribution in [0.25, 0.3) is 0 Å². The van der Waals surface area contributed by atoms with Gasteiger partial charge in [-0.1, -0.05) is 45.0 Å². The van der Waals surface area contributed by atoms with E-state index in [1.54, 1.807) is 0 Å². The Morgan fingerprint density at radius 2 is 1.84 bits per heavy atom. The van der Waals surface area contributed by atoms with Crippen LogP contribution >= 0.6 is 0 Å². The van der Waals surface area contributed by atoms with Crippen molar-refractivity contribution in [2.75, 3.05) is 26.8 Å². The molecule has 0 radical (unpaired) electrons. The highest BCUT2D eigenvalue weighted by molar-refractivity contribution is 5.29. The number of nitrogens with one attached hydrogen (secondary N) is 1. The highest BCUT2D eigenvalue weighted by atomic mass is 16.5.